The summed E-state index contributed by atoms with van der Waals surface area (Å²) in [7, 11) is -3.04. The van der Waals surface area contributed by atoms with E-state index < -0.39 is 9.84 Å². The third-order valence-electron chi connectivity index (χ3n) is 4.31. The number of rotatable bonds is 5. The first kappa shape index (κ1) is 18.3. The summed E-state index contributed by atoms with van der Waals surface area (Å²) >= 11 is 0. The zero-order valence-electron chi connectivity index (χ0n) is 14.8. The maximum Gasteiger partial charge on any atom is 0.270 e. The molecule has 1 aliphatic rings. The van der Waals surface area contributed by atoms with Crippen LogP contribution in [0.4, 0.5) is 11.6 Å². The first-order valence-electron chi connectivity index (χ1n) is 8.56. The van der Waals surface area contributed by atoms with E-state index in [0.717, 1.165) is 11.3 Å². The number of hydrogen-bond acceptors (Lipinski definition) is 6. The summed E-state index contributed by atoms with van der Waals surface area (Å²) in [5.41, 5.74) is 2.30. The number of carbonyl (C=O) groups excluding carboxylic acids is 1. The number of aromatic nitrogens is 2. The second-order valence-corrected chi connectivity index (χ2v) is 8.63. The molecule has 0 radical (unpaired) electrons. The molecule has 138 valence electrons. The van der Waals surface area contributed by atoms with Gasteiger partial charge in [-0.25, -0.2) is 18.4 Å². The molecule has 2 aromatic rings. The fourth-order valence-corrected chi connectivity index (χ4v) is 4.68. The number of hydrogen-bond donors (Lipinski definition) is 1. The van der Waals surface area contributed by atoms with Crippen molar-refractivity contribution in [1.29, 1.82) is 0 Å². The second kappa shape index (κ2) is 7.41. The van der Waals surface area contributed by atoms with Gasteiger partial charge in [0, 0.05) is 24.5 Å². The van der Waals surface area contributed by atoms with Crippen LogP contribution in [0.5, 0.6) is 0 Å². The molecular weight excluding hydrogens is 352 g/mol. The number of benzene rings is 1. The van der Waals surface area contributed by atoms with Crippen molar-refractivity contribution in [1.82, 2.24) is 15.3 Å². The molecule has 0 bridgehead atoms. The van der Waals surface area contributed by atoms with Crippen LogP contribution in [-0.4, -0.2) is 48.4 Å². The van der Waals surface area contributed by atoms with Crippen molar-refractivity contribution in [2.75, 3.05) is 23.0 Å². The minimum absolute atomic E-state index is 0.0128. The van der Waals surface area contributed by atoms with Gasteiger partial charge in [0.05, 0.1) is 11.5 Å². The molecule has 0 saturated carbocycles. The Morgan fingerprint density at radius 1 is 1.35 bits per heavy atom. The summed E-state index contributed by atoms with van der Waals surface area (Å²) in [4.78, 5) is 23.0. The summed E-state index contributed by atoms with van der Waals surface area (Å²) in [6.07, 6.45) is 1.98. The Kier molecular flexibility index (Phi) is 5.22. The highest BCUT2D eigenvalue weighted by Crippen LogP contribution is 2.22. The zero-order chi connectivity index (χ0) is 18.7. The average Bonchev–Trinajstić information content (AvgIpc) is 2.94. The van der Waals surface area contributed by atoms with Gasteiger partial charge in [0.1, 0.15) is 5.69 Å². The molecule has 3 rings (SSSR count). The third-order valence-corrected chi connectivity index (χ3v) is 6.08. The van der Waals surface area contributed by atoms with Gasteiger partial charge in [0.15, 0.2) is 9.84 Å². The molecule has 1 fully saturated rings. The van der Waals surface area contributed by atoms with Crippen molar-refractivity contribution >= 4 is 27.4 Å². The summed E-state index contributed by atoms with van der Waals surface area (Å²) in [6, 6.07) is 9.15. The van der Waals surface area contributed by atoms with E-state index in [1.807, 2.05) is 43.0 Å². The van der Waals surface area contributed by atoms with Crippen LogP contribution >= 0.6 is 0 Å². The molecule has 1 amide bonds. The largest absolute Gasteiger partial charge is 0.347 e. The Bertz CT molecular complexity index is 914. The average molecular weight is 374 g/mol. The van der Waals surface area contributed by atoms with Gasteiger partial charge in [-0.05, 0) is 44.0 Å². The smallest absolute Gasteiger partial charge is 0.270 e. The first-order chi connectivity index (χ1) is 12.4. The maximum absolute atomic E-state index is 12.5. The standard InChI is InChI=1S/C18H22N4O3S/c1-3-22(15-6-4-5-13(2)11-15)18-19-9-7-16(21-18)17(23)20-14-8-10-26(24,25)12-14/h4-7,9,11,14H,3,8,10,12H2,1-2H3,(H,20,23). The number of anilines is 2. The molecule has 1 atom stereocenters. The van der Waals surface area contributed by atoms with Gasteiger partial charge in [0.2, 0.25) is 5.95 Å². The second-order valence-electron chi connectivity index (χ2n) is 6.40. The molecule has 1 aromatic heterocycles. The van der Waals surface area contributed by atoms with Gasteiger partial charge in [-0.15, -0.1) is 0 Å². The van der Waals surface area contributed by atoms with E-state index in [2.05, 4.69) is 15.3 Å². The highest BCUT2D eigenvalue weighted by atomic mass is 32.2. The normalized spacial score (nSPS) is 18.5. The van der Waals surface area contributed by atoms with E-state index in [1.54, 1.807) is 6.20 Å². The van der Waals surface area contributed by atoms with Crippen molar-refractivity contribution in [2.45, 2.75) is 26.3 Å². The van der Waals surface area contributed by atoms with Crippen LogP contribution in [0.15, 0.2) is 36.5 Å². The van der Waals surface area contributed by atoms with Gasteiger partial charge in [0.25, 0.3) is 5.91 Å². The minimum Gasteiger partial charge on any atom is -0.347 e. The van der Waals surface area contributed by atoms with Crippen LogP contribution < -0.4 is 10.2 Å². The Balaban J connectivity index is 1.80. The van der Waals surface area contributed by atoms with Crippen molar-refractivity contribution in [3.05, 3.63) is 47.8 Å². The molecular formula is C18H22N4O3S. The number of nitrogens with zero attached hydrogens (tertiary/aromatic N) is 3. The van der Waals surface area contributed by atoms with Crippen LogP contribution in [-0.2, 0) is 9.84 Å². The molecule has 7 nitrogen and oxygen atoms in total. The van der Waals surface area contributed by atoms with Crippen molar-refractivity contribution in [3.63, 3.8) is 0 Å². The molecule has 2 heterocycles. The Labute approximate surface area is 153 Å². The maximum atomic E-state index is 12.5. The highest BCUT2D eigenvalue weighted by molar-refractivity contribution is 7.91. The highest BCUT2D eigenvalue weighted by Gasteiger charge is 2.29. The lowest BCUT2D eigenvalue weighted by atomic mass is 10.2. The van der Waals surface area contributed by atoms with Crippen LogP contribution in [0.2, 0.25) is 0 Å². The van der Waals surface area contributed by atoms with Gasteiger partial charge in [-0.2, -0.15) is 0 Å². The lowest BCUT2D eigenvalue weighted by Crippen LogP contribution is -2.36. The third kappa shape index (κ3) is 4.19. The van der Waals surface area contributed by atoms with Gasteiger partial charge >= 0.3 is 0 Å². The van der Waals surface area contributed by atoms with Crippen molar-refractivity contribution < 1.29 is 13.2 Å². The number of nitrogens with one attached hydrogen (secondary N) is 1. The van der Waals surface area contributed by atoms with Gasteiger partial charge in [-0.1, -0.05) is 12.1 Å². The summed E-state index contributed by atoms with van der Waals surface area (Å²) in [5.74, 6) is 0.159. The minimum atomic E-state index is -3.04. The lowest BCUT2D eigenvalue weighted by molar-refractivity contribution is 0.0936. The van der Waals surface area contributed by atoms with Crippen LogP contribution in [0.1, 0.15) is 29.4 Å². The summed E-state index contributed by atoms with van der Waals surface area (Å²) in [6.45, 7) is 4.65. The van der Waals surface area contributed by atoms with E-state index in [9.17, 15) is 13.2 Å². The van der Waals surface area contributed by atoms with Crippen LogP contribution in [0.3, 0.4) is 0 Å². The monoisotopic (exact) mass is 374 g/mol. The van der Waals surface area contributed by atoms with E-state index in [1.165, 1.54) is 6.07 Å². The molecule has 0 aliphatic carbocycles. The van der Waals surface area contributed by atoms with Crippen molar-refractivity contribution in [3.8, 4) is 0 Å². The lowest BCUT2D eigenvalue weighted by Gasteiger charge is -2.21. The Morgan fingerprint density at radius 3 is 2.81 bits per heavy atom. The molecule has 1 aromatic carbocycles. The zero-order valence-corrected chi connectivity index (χ0v) is 15.7. The molecule has 1 N–H and O–H groups in total. The summed E-state index contributed by atoms with van der Waals surface area (Å²) < 4.78 is 23.1. The number of sulfone groups is 1. The molecule has 26 heavy (non-hydrogen) atoms. The fraction of sp³-hybridized carbons (Fsp3) is 0.389. The molecule has 1 aliphatic heterocycles. The number of carbonyl (C=O) groups is 1. The molecule has 8 heteroatoms. The Hall–Kier alpha value is -2.48. The predicted molar refractivity (Wildman–Crippen MR) is 100 cm³/mol. The quantitative estimate of drug-likeness (QED) is 0.859. The Morgan fingerprint density at radius 2 is 2.15 bits per heavy atom. The van der Waals surface area contributed by atoms with E-state index in [-0.39, 0.29) is 29.1 Å². The molecule has 1 unspecified atom stereocenters. The molecule has 0 spiro atoms. The SMILES string of the molecule is CCN(c1cccc(C)c1)c1nccc(C(=O)NC2CCS(=O)(=O)C2)n1. The topological polar surface area (TPSA) is 92.3 Å². The first-order valence-corrected chi connectivity index (χ1v) is 10.4. The number of aryl methyl sites for hydroxylation is 1. The summed E-state index contributed by atoms with van der Waals surface area (Å²) in [5, 5.41) is 2.76. The van der Waals surface area contributed by atoms with Crippen LogP contribution in [0.25, 0.3) is 0 Å². The van der Waals surface area contributed by atoms with E-state index in [0.29, 0.717) is 18.9 Å². The van der Waals surface area contributed by atoms with Gasteiger partial charge < -0.3 is 10.2 Å². The number of amides is 1. The fourth-order valence-electron chi connectivity index (χ4n) is 3.01. The van der Waals surface area contributed by atoms with Crippen LogP contribution in [0, 0.1) is 6.92 Å². The van der Waals surface area contributed by atoms with Crippen molar-refractivity contribution in [2.24, 2.45) is 0 Å². The van der Waals surface area contributed by atoms with E-state index >= 15 is 0 Å². The van der Waals surface area contributed by atoms with E-state index in [4.69, 9.17) is 0 Å². The molecule has 1 saturated heterocycles. The predicted octanol–water partition coefficient (Wildman–Crippen LogP) is 1.86. The van der Waals surface area contributed by atoms with Gasteiger partial charge in [-0.3, -0.25) is 4.79 Å².